The van der Waals surface area contributed by atoms with Crippen molar-refractivity contribution in [3.05, 3.63) is 90.0 Å². The van der Waals surface area contributed by atoms with E-state index in [4.69, 9.17) is 4.74 Å². The van der Waals surface area contributed by atoms with Crippen molar-refractivity contribution in [1.29, 1.82) is 0 Å². The van der Waals surface area contributed by atoms with Gasteiger partial charge in [0.15, 0.2) is 6.29 Å². The van der Waals surface area contributed by atoms with E-state index in [1.54, 1.807) is 13.0 Å². The summed E-state index contributed by atoms with van der Waals surface area (Å²) >= 11 is 0. The Bertz CT molecular complexity index is 1250. The SMILES string of the molecule is CCOC(=O)/C=C/c1ccc2ccccc2c1-c1c(C=O)ccc2ccccc12. The molecule has 3 nitrogen and oxygen atoms in total. The third kappa shape index (κ3) is 3.55. The molecule has 3 heteroatoms. The summed E-state index contributed by atoms with van der Waals surface area (Å²) in [6.45, 7) is 2.10. The quantitative estimate of drug-likeness (QED) is 0.240. The first-order chi connectivity index (χ1) is 14.2. The van der Waals surface area contributed by atoms with Crippen LogP contribution in [0.2, 0.25) is 0 Å². The van der Waals surface area contributed by atoms with Gasteiger partial charge in [-0.05, 0) is 45.7 Å². The molecule has 0 atom stereocenters. The molecular weight excluding hydrogens is 360 g/mol. The lowest BCUT2D eigenvalue weighted by atomic mass is 9.87. The summed E-state index contributed by atoms with van der Waals surface area (Å²) in [4.78, 5) is 23.8. The molecule has 4 aromatic rings. The van der Waals surface area contributed by atoms with Gasteiger partial charge in [0.2, 0.25) is 0 Å². The van der Waals surface area contributed by atoms with Crippen molar-refractivity contribution < 1.29 is 14.3 Å². The van der Waals surface area contributed by atoms with Crippen LogP contribution in [0.1, 0.15) is 22.8 Å². The van der Waals surface area contributed by atoms with Crippen LogP contribution in [-0.2, 0) is 9.53 Å². The first-order valence-electron chi connectivity index (χ1n) is 9.57. The minimum atomic E-state index is -0.389. The maximum atomic E-state index is 12.0. The lowest BCUT2D eigenvalue weighted by Gasteiger charge is -2.16. The summed E-state index contributed by atoms with van der Waals surface area (Å²) in [6.07, 6.45) is 4.08. The largest absolute Gasteiger partial charge is 0.463 e. The van der Waals surface area contributed by atoms with Gasteiger partial charge in [0.05, 0.1) is 6.61 Å². The van der Waals surface area contributed by atoms with Crippen molar-refractivity contribution in [2.24, 2.45) is 0 Å². The van der Waals surface area contributed by atoms with Gasteiger partial charge in [-0.3, -0.25) is 4.79 Å². The zero-order valence-electron chi connectivity index (χ0n) is 16.1. The van der Waals surface area contributed by atoms with Crippen LogP contribution in [0.3, 0.4) is 0 Å². The molecule has 0 aliphatic rings. The summed E-state index contributed by atoms with van der Waals surface area (Å²) in [7, 11) is 0. The van der Waals surface area contributed by atoms with Gasteiger partial charge < -0.3 is 4.74 Å². The second-order valence-corrected chi connectivity index (χ2v) is 6.71. The van der Waals surface area contributed by atoms with E-state index in [1.807, 2.05) is 72.8 Å². The number of benzene rings is 4. The molecule has 0 amide bonds. The topological polar surface area (TPSA) is 43.4 Å². The number of aldehydes is 1. The van der Waals surface area contributed by atoms with E-state index < -0.39 is 0 Å². The second kappa shape index (κ2) is 8.11. The average molecular weight is 380 g/mol. The average Bonchev–Trinajstić information content (AvgIpc) is 2.77. The molecule has 0 aromatic heterocycles. The van der Waals surface area contributed by atoms with Gasteiger partial charge >= 0.3 is 5.97 Å². The highest BCUT2D eigenvalue weighted by Gasteiger charge is 2.15. The molecule has 0 saturated carbocycles. The maximum Gasteiger partial charge on any atom is 0.330 e. The molecule has 0 radical (unpaired) electrons. The van der Waals surface area contributed by atoms with Crippen molar-refractivity contribution in [2.45, 2.75) is 6.92 Å². The lowest BCUT2D eigenvalue weighted by molar-refractivity contribution is -0.137. The van der Waals surface area contributed by atoms with Crippen molar-refractivity contribution in [1.82, 2.24) is 0 Å². The maximum absolute atomic E-state index is 12.0. The molecule has 0 saturated heterocycles. The molecule has 4 rings (SSSR count). The number of rotatable bonds is 5. The summed E-state index contributed by atoms with van der Waals surface area (Å²) in [5.74, 6) is -0.389. The standard InChI is InChI=1S/C26H20O3/c1-2-29-24(28)16-15-20-13-11-18-7-3-5-9-22(18)25(20)26-21(17-27)14-12-19-8-4-6-10-23(19)26/h3-17H,2H2,1H3/b16-15+. The van der Waals surface area contributed by atoms with Crippen LogP contribution in [0.25, 0.3) is 38.7 Å². The van der Waals surface area contributed by atoms with Crippen molar-refractivity contribution in [3.8, 4) is 11.1 Å². The molecule has 0 aliphatic heterocycles. The Morgan fingerprint density at radius 3 is 1.93 bits per heavy atom. The molecule has 0 spiro atoms. The molecule has 142 valence electrons. The number of ether oxygens (including phenoxy) is 1. The van der Waals surface area contributed by atoms with Gasteiger partial charge in [-0.25, -0.2) is 4.79 Å². The number of carbonyl (C=O) groups is 2. The normalized spacial score (nSPS) is 11.2. The smallest absolute Gasteiger partial charge is 0.330 e. The van der Waals surface area contributed by atoms with Crippen LogP contribution < -0.4 is 0 Å². The predicted molar refractivity (Wildman–Crippen MR) is 118 cm³/mol. The molecule has 0 N–H and O–H groups in total. The fourth-order valence-corrected chi connectivity index (χ4v) is 3.72. The van der Waals surface area contributed by atoms with Gasteiger partial charge in [-0.1, -0.05) is 72.8 Å². The zero-order valence-corrected chi connectivity index (χ0v) is 16.1. The number of carbonyl (C=O) groups excluding carboxylic acids is 2. The van der Waals surface area contributed by atoms with Crippen molar-refractivity contribution in [2.75, 3.05) is 6.61 Å². The predicted octanol–water partition coefficient (Wildman–Crippen LogP) is 6.05. The van der Waals surface area contributed by atoms with Crippen LogP contribution in [0.4, 0.5) is 0 Å². The zero-order chi connectivity index (χ0) is 20.2. The highest BCUT2D eigenvalue weighted by molar-refractivity contribution is 6.13. The summed E-state index contributed by atoms with van der Waals surface area (Å²) < 4.78 is 5.03. The van der Waals surface area contributed by atoms with E-state index >= 15 is 0 Å². The van der Waals surface area contributed by atoms with Gasteiger partial charge in [0.25, 0.3) is 0 Å². The van der Waals surface area contributed by atoms with E-state index in [1.165, 1.54) is 6.08 Å². The Labute approximate surface area is 169 Å². The van der Waals surface area contributed by atoms with E-state index in [0.29, 0.717) is 12.2 Å². The summed E-state index contributed by atoms with van der Waals surface area (Å²) in [5, 5.41) is 4.15. The summed E-state index contributed by atoms with van der Waals surface area (Å²) in [6, 6.07) is 23.9. The third-order valence-electron chi connectivity index (χ3n) is 4.99. The summed E-state index contributed by atoms with van der Waals surface area (Å²) in [5.41, 5.74) is 3.28. The van der Waals surface area contributed by atoms with Gasteiger partial charge in [-0.15, -0.1) is 0 Å². The van der Waals surface area contributed by atoms with Gasteiger partial charge in [-0.2, -0.15) is 0 Å². The van der Waals surface area contributed by atoms with E-state index in [-0.39, 0.29) is 5.97 Å². The van der Waals surface area contributed by atoms with Crippen LogP contribution in [0.5, 0.6) is 0 Å². The number of esters is 1. The van der Waals surface area contributed by atoms with Gasteiger partial charge in [0, 0.05) is 17.2 Å². The minimum Gasteiger partial charge on any atom is -0.463 e. The molecule has 0 fully saturated rings. The molecule has 29 heavy (non-hydrogen) atoms. The van der Waals surface area contributed by atoms with Crippen LogP contribution in [-0.4, -0.2) is 18.9 Å². The fourth-order valence-electron chi connectivity index (χ4n) is 3.72. The molecule has 0 unspecified atom stereocenters. The number of fused-ring (bicyclic) bond motifs is 2. The van der Waals surface area contributed by atoms with E-state index in [9.17, 15) is 9.59 Å². The Morgan fingerprint density at radius 1 is 0.793 bits per heavy atom. The Kier molecular flexibility index (Phi) is 5.21. The first-order valence-corrected chi connectivity index (χ1v) is 9.57. The Balaban J connectivity index is 2.07. The lowest BCUT2D eigenvalue weighted by Crippen LogP contribution is -1.99. The van der Waals surface area contributed by atoms with Crippen molar-refractivity contribution in [3.63, 3.8) is 0 Å². The van der Waals surface area contributed by atoms with E-state index in [2.05, 4.69) is 0 Å². The first kappa shape index (κ1) is 18.6. The molecular formula is C26H20O3. The second-order valence-electron chi connectivity index (χ2n) is 6.71. The molecule has 0 aliphatic carbocycles. The molecule has 0 heterocycles. The molecule has 4 aromatic carbocycles. The number of hydrogen-bond donors (Lipinski definition) is 0. The minimum absolute atomic E-state index is 0.326. The third-order valence-corrected chi connectivity index (χ3v) is 4.99. The number of hydrogen-bond acceptors (Lipinski definition) is 3. The van der Waals surface area contributed by atoms with Crippen LogP contribution in [0, 0.1) is 0 Å². The van der Waals surface area contributed by atoms with E-state index in [0.717, 1.165) is 44.5 Å². The van der Waals surface area contributed by atoms with Gasteiger partial charge in [0.1, 0.15) is 0 Å². The highest BCUT2D eigenvalue weighted by atomic mass is 16.5. The van der Waals surface area contributed by atoms with Crippen molar-refractivity contribution >= 4 is 39.9 Å². The monoisotopic (exact) mass is 380 g/mol. The van der Waals surface area contributed by atoms with Crippen LogP contribution >= 0.6 is 0 Å². The fraction of sp³-hybridized carbons (Fsp3) is 0.0769. The Hall–Kier alpha value is -3.72. The Morgan fingerprint density at radius 2 is 1.34 bits per heavy atom. The highest BCUT2D eigenvalue weighted by Crippen LogP contribution is 2.39. The molecule has 0 bridgehead atoms. The van der Waals surface area contributed by atoms with Crippen LogP contribution in [0.15, 0.2) is 78.9 Å².